The van der Waals surface area contributed by atoms with Crippen molar-refractivity contribution in [3.05, 3.63) is 33.4 Å². The highest BCUT2D eigenvalue weighted by Crippen LogP contribution is 2.53. The van der Waals surface area contributed by atoms with E-state index in [1.54, 1.807) is 0 Å². The van der Waals surface area contributed by atoms with Crippen molar-refractivity contribution in [2.45, 2.75) is 49.0 Å². The number of nitrogens with one attached hydrogen (secondary N) is 2. The lowest BCUT2D eigenvalue weighted by Crippen LogP contribution is -2.42. The maximum absolute atomic E-state index is 13.1. The fourth-order valence-electron chi connectivity index (χ4n) is 5.46. The Morgan fingerprint density at radius 1 is 0.804 bits per heavy atom. The number of fused-ring (bicyclic) bond motifs is 4. The summed E-state index contributed by atoms with van der Waals surface area (Å²) in [4.78, 5) is 66.2. The van der Waals surface area contributed by atoms with Crippen LogP contribution in [0.15, 0.2) is 22.2 Å². The van der Waals surface area contributed by atoms with Gasteiger partial charge in [0.15, 0.2) is 34.8 Å². The first-order valence-electron chi connectivity index (χ1n) is 13.2. The van der Waals surface area contributed by atoms with Crippen molar-refractivity contribution in [1.29, 1.82) is 0 Å². The second-order valence-corrected chi connectivity index (χ2v) is 13.2. The highest BCUT2D eigenvalue weighted by molar-refractivity contribution is 7.47. The molecule has 0 amide bonds. The summed E-state index contributed by atoms with van der Waals surface area (Å²) >= 11 is 0. The monoisotopic (exact) mass is 689 g/mol. The van der Waals surface area contributed by atoms with Crippen molar-refractivity contribution in [2.75, 3.05) is 24.7 Å². The van der Waals surface area contributed by atoms with Crippen LogP contribution in [0, 0.1) is 0 Å². The summed E-state index contributed by atoms with van der Waals surface area (Å²) in [6, 6.07) is -1.29. The number of aliphatic hydroxyl groups is 1. The molecule has 0 spiro atoms. The molecule has 10 atom stereocenters. The van der Waals surface area contributed by atoms with Crippen molar-refractivity contribution in [1.82, 2.24) is 39.0 Å². The molecule has 46 heavy (non-hydrogen) atoms. The average molecular weight is 689 g/mol. The van der Waals surface area contributed by atoms with Gasteiger partial charge < -0.3 is 41.6 Å². The van der Waals surface area contributed by atoms with Crippen LogP contribution >= 0.6 is 15.6 Å². The molecule has 4 aromatic rings. The van der Waals surface area contributed by atoms with E-state index in [1.165, 1.54) is 10.9 Å². The number of nitrogens with zero attached hydrogens (tertiary/aromatic N) is 6. The SMILES string of the molecule is Nc1nc2c(ncn2[C@@H]2O[C@@H]3COP(=O)(O)OC4[C@@H](COP(=O)(O)O[C@@H]3C2N)O[C@@H](n2cnc3c(=O)[nH]c(N)nc32)[C@H]4O)c(=O)[nH]1. The van der Waals surface area contributed by atoms with Gasteiger partial charge in [0.2, 0.25) is 11.9 Å². The second-order valence-electron chi connectivity index (χ2n) is 10.4. The number of hydrogen-bond donors (Lipinski definition) is 8. The summed E-state index contributed by atoms with van der Waals surface area (Å²) in [6.07, 6.45) is -8.33. The number of aromatic amines is 2. The number of ether oxygens (including phenoxy) is 2. The molecule has 3 fully saturated rings. The lowest BCUT2D eigenvalue weighted by Gasteiger charge is -2.28. The first-order chi connectivity index (χ1) is 21.7. The molecule has 0 radical (unpaired) electrons. The molecule has 7 rings (SSSR count). The van der Waals surface area contributed by atoms with Crippen LogP contribution in [0.5, 0.6) is 0 Å². The Balaban J connectivity index is 1.18. The van der Waals surface area contributed by atoms with E-state index in [1.807, 2.05) is 0 Å². The molecule has 0 aromatic carbocycles. The number of rotatable bonds is 2. The smallest absolute Gasteiger partial charge is 0.386 e. The van der Waals surface area contributed by atoms with Gasteiger partial charge in [-0.3, -0.25) is 46.8 Å². The normalized spacial score (nSPS) is 37.1. The lowest BCUT2D eigenvalue weighted by molar-refractivity contribution is -0.0662. The molecular weight excluding hydrogens is 664 g/mol. The molecule has 0 saturated carbocycles. The fraction of sp³-hybridized carbons (Fsp3) is 0.500. The molecule has 7 heterocycles. The van der Waals surface area contributed by atoms with E-state index in [9.17, 15) is 33.6 Å². The van der Waals surface area contributed by atoms with Gasteiger partial charge in [0.25, 0.3) is 11.1 Å². The predicted molar refractivity (Wildman–Crippen MR) is 148 cm³/mol. The average Bonchev–Trinajstić information content (AvgIpc) is 3.72. The van der Waals surface area contributed by atoms with Crippen molar-refractivity contribution in [3.63, 3.8) is 0 Å². The van der Waals surface area contributed by atoms with Gasteiger partial charge in [0, 0.05) is 0 Å². The maximum atomic E-state index is 13.1. The fourth-order valence-corrected chi connectivity index (χ4v) is 7.40. The maximum Gasteiger partial charge on any atom is 0.472 e. The number of aromatic nitrogens is 8. The number of nitrogen functional groups attached to an aromatic ring is 2. The molecule has 24 nitrogen and oxygen atoms in total. The zero-order valence-electron chi connectivity index (χ0n) is 22.9. The van der Waals surface area contributed by atoms with Gasteiger partial charge in [-0.1, -0.05) is 0 Å². The van der Waals surface area contributed by atoms with Gasteiger partial charge in [-0.25, -0.2) is 19.1 Å². The summed E-state index contributed by atoms with van der Waals surface area (Å²) in [6.45, 7) is -1.62. The largest absolute Gasteiger partial charge is 0.472 e. The Hall–Kier alpha value is -3.64. The van der Waals surface area contributed by atoms with Gasteiger partial charge in [-0.2, -0.15) is 9.97 Å². The number of hydrogen-bond acceptors (Lipinski definition) is 18. The third-order valence-electron chi connectivity index (χ3n) is 7.46. The Morgan fingerprint density at radius 2 is 1.26 bits per heavy atom. The minimum atomic E-state index is -5.06. The molecule has 11 N–H and O–H groups in total. The molecule has 26 heteroatoms. The Morgan fingerprint density at radius 3 is 1.80 bits per heavy atom. The number of aliphatic hydroxyl groups excluding tert-OH is 1. The molecular formula is C20H25N11O13P2. The number of anilines is 2. The highest BCUT2D eigenvalue weighted by Gasteiger charge is 2.53. The van der Waals surface area contributed by atoms with Crippen LogP contribution < -0.4 is 28.3 Å². The van der Waals surface area contributed by atoms with E-state index in [0.29, 0.717) is 0 Å². The Bertz CT molecular complexity index is 1900. The van der Waals surface area contributed by atoms with Crippen molar-refractivity contribution < 1.29 is 51.6 Å². The second kappa shape index (κ2) is 11.0. The van der Waals surface area contributed by atoms with Crippen LogP contribution in [0.3, 0.4) is 0 Å². The van der Waals surface area contributed by atoms with Gasteiger partial charge in [-0.05, 0) is 0 Å². The van der Waals surface area contributed by atoms with Crippen LogP contribution in [-0.2, 0) is 36.7 Å². The molecule has 4 aromatic heterocycles. The number of nitrogens with two attached hydrogens (primary N) is 3. The predicted octanol–water partition coefficient (Wildman–Crippen LogP) is -3.08. The summed E-state index contributed by atoms with van der Waals surface area (Å²) in [7, 11) is -10.1. The van der Waals surface area contributed by atoms with Crippen LogP contribution in [-0.4, -0.2) is 104 Å². The molecule has 0 aliphatic carbocycles. The van der Waals surface area contributed by atoms with Gasteiger partial charge in [0.1, 0.15) is 30.5 Å². The zero-order chi connectivity index (χ0) is 32.7. The minimum absolute atomic E-state index is 0.0405. The third kappa shape index (κ3) is 5.33. The third-order valence-corrected chi connectivity index (χ3v) is 9.43. The number of phosphoric ester groups is 2. The van der Waals surface area contributed by atoms with Gasteiger partial charge in [-0.15, -0.1) is 0 Å². The standard InChI is InChI=1S/C20H25N11O13P2/c21-7-11-5(41-17(7)30-3-24-8-13(30)26-19(22)28-15(8)33)1-39-46(37,38)44-12-6(2-40-45(35,36)43-11)42-18(10(12)32)31-4-25-9-14(31)27-20(23)29-16(9)34/h3-7,10-12,17-18,32H,1-2,21H2,(H,35,36)(H,37,38)(H3,22,26,28,33)(H3,23,27,29,34)/t5-,6-,7?,10+,11+,12?,17-,18-/m1/s1. The van der Waals surface area contributed by atoms with E-state index >= 15 is 0 Å². The molecule has 3 saturated heterocycles. The summed E-state index contributed by atoms with van der Waals surface area (Å²) in [5.41, 5.74) is 15.9. The van der Waals surface area contributed by atoms with Gasteiger partial charge >= 0.3 is 15.6 Å². The Labute approximate surface area is 253 Å². The summed E-state index contributed by atoms with van der Waals surface area (Å²) in [5, 5.41) is 11.1. The molecule has 3 aliphatic rings. The quantitative estimate of drug-likeness (QED) is 0.0967. The van der Waals surface area contributed by atoms with Crippen LogP contribution in [0.2, 0.25) is 0 Å². The molecule has 0 bridgehead atoms. The Kier molecular flexibility index (Phi) is 7.39. The van der Waals surface area contributed by atoms with Crippen LogP contribution in [0.4, 0.5) is 11.9 Å². The van der Waals surface area contributed by atoms with Gasteiger partial charge in [0.05, 0.1) is 31.9 Å². The van der Waals surface area contributed by atoms with E-state index in [4.69, 9.17) is 44.8 Å². The van der Waals surface area contributed by atoms with E-state index in [0.717, 1.165) is 10.9 Å². The van der Waals surface area contributed by atoms with Crippen molar-refractivity contribution >= 4 is 49.9 Å². The minimum Gasteiger partial charge on any atom is -0.386 e. The van der Waals surface area contributed by atoms with E-state index < -0.39 is 89.0 Å². The highest BCUT2D eigenvalue weighted by atomic mass is 31.2. The molecule has 248 valence electrons. The van der Waals surface area contributed by atoms with Crippen molar-refractivity contribution in [2.24, 2.45) is 5.73 Å². The van der Waals surface area contributed by atoms with Crippen LogP contribution in [0.1, 0.15) is 12.5 Å². The molecule has 4 unspecified atom stereocenters. The summed E-state index contributed by atoms with van der Waals surface area (Å²) < 4.78 is 61.2. The number of phosphoric acid groups is 2. The van der Waals surface area contributed by atoms with Crippen LogP contribution in [0.25, 0.3) is 22.3 Å². The van der Waals surface area contributed by atoms with E-state index in [2.05, 4.69) is 29.9 Å². The molecule has 3 aliphatic heterocycles. The number of imidazole rings is 2. The first-order valence-corrected chi connectivity index (χ1v) is 16.2. The zero-order valence-corrected chi connectivity index (χ0v) is 24.7. The topological polar surface area (TPSA) is 355 Å². The summed E-state index contributed by atoms with van der Waals surface area (Å²) in [5.74, 6) is -0.510. The van der Waals surface area contributed by atoms with E-state index in [-0.39, 0.29) is 34.2 Å². The lowest BCUT2D eigenvalue weighted by atomic mass is 10.1. The number of H-pyrrole nitrogens is 2. The first kappa shape index (κ1) is 31.0. The van der Waals surface area contributed by atoms with Crippen molar-refractivity contribution in [3.8, 4) is 0 Å².